The van der Waals surface area contributed by atoms with Gasteiger partial charge < -0.3 is 16.2 Å². The highest BCUT2D eigenvalue weighted by Gasteiger charge is 2.15. The van der Waals surface area contributed by atoms with Gasteiger partial charge in [-0.1, -0.05) is 32.0 Å². The van der Waals surface area contributed by atoms with E-state index in [-0.39, 0.29) is 11.3 Å². The molecule has 5 heteroatoms. The molecule has 0 aliphatic rings. The number of carbonyl (C=O) groups is 1. The fourth-order valence-corrected chi connectivity index (χ4v) is 2.22. The smallest absolute Gasteiger partial charge is 0.337 e. The molecule has 4 N–H and O–H groups in total. The first-order chi connectivity index (χ1) is 9.91. The Morgan fingerprint density at radius 2 is 2.05 bits per heavy atom. The summed E-state index contributed by atoms with van der Waals surface area (Å²) in [4.78, 5) is 15.3. The van der Waals surface area contributed by atoms with Crippen LogP contribution in [0.1, 0.15) is 41.3 Å². The first-order valence-corrected chi connectivity index (χ1v) is 6.76. The second kappa shape index (κ2) is 5.83. The minimum atomic E-state index is -1.06. The molecule has 1 heterocycles. The van der Waals surface area contributed by atoms with Gasteiger partial charge in [0.2, 0.25) is 0 Å². The monoisotopic (exact) mass is 285 g/mol. The van der Waals surface area contributed by atoms with E-state index >= 15 is 0 Å². The molecule has 0 bridgehead atoms. The highest BCUT2D eigenvalue weighted by Crippen LogP contribution is 2.32. The SMILES string of the molecule is Cc1cccc(C(C)C)c1Nc1nccc(C(=O)O)c1N. The number of anilines is 3. The van der Waals surface area contributed by atoms with Gasteiger partial charge in [0.05, 0.1) is 11.3 Å². The number of nitrogens with one attached hydrogen (secondary N) is 1. The molecule has 0 fully saturated rings. The Kier molecular flexibility index (Phi) is 4.12. The van der Waals surface area contributed by atoms with Gasteiger partial charge in [0.1, 0.15) is 0 Å². The quantitative estimate of drug-likeness (QED) is 0.799. The molecule has 110 valence electrons. The molecule has 0 saturated carbocycles. The van der Waals surface area contributed by atoms with E-state index in [1.807, 2.05) is 25.1 Å². The van der Waals surface area contributed by atoms with Gasteiger partial charge in [-0.25, -0.2) is 9.78 Å². The molecule has 0 unspecified atom stereocenters. The number of carboxylic acid groups (broad SMARTS) is 1. The number of pyridine rings is 1. The number of nitrogen functional groups attached to an aromatic ring is 1. The van der Waals surface area contributed by atoms with Crippen molar-refractivity contribution in [3.63, 3.8) is 0 Å². The summed E-state index contributed by atoms with van der Waals surface area (Å²) in [6, 6.07) is 7.42. The molecule has 0 atom stereocenters. The van der Waals surface area contributed by atoms with Crippen molar-refractivity contribution < 1.29 is 9.90 Å². The zero-order chi connectivity index (χ0) is 15.6. The molecule has 2 aromatic rings. The van der Waals surface area contributed by atoms with Crippen LogP contribution in [0.2, 0.25) is 0 Å². The van der Waals surface area contributed by atoms with Gasteiger partial charge in [-0.05, 0) is 30.0 Å². The van der Waals surface area contributed by atoms with Gasteiger partial charge in [0, 0.05) is 11.9 Å². The summed E-state index contributed by atoms with van der Waals surface area (Å²) in [7, 11) is 0. The second-order valence-corrected chi connectivity index (χ2v) is 5.24. The van der Waals surface area contributed by atoms with Crippen molar-refractivity contribution in [2.24, 2.45) is 0 Å². The molecule has 0 saturated heterocycles. The van der Waals surface area contributed by atoms with Crippen LogP contribution in [-0.4, -0.2) is 16.1 Å². The summed E-state index contributed by atoms with van der Waals surface area (Å²) >= 11 is 0. The van der Waals surface area contributed by atoms with Crippen LogP contribution in [0, 0.1) is 6.92 Å². The van der Waals surface area contributed by atoms with Crippen LogP contribution in [0.3, 0.4) is 0 Å². The summed E-state index contributed by atoms with van der Waals surface area (Å²) in [5.41, 5.74) is 9.21. The first-order valence-electron chi connectivity index (χ1n) is 6.76. The van der Waals surface area contributed by atoms with Gasteiger partial charge >= 0.3 is 5.97 Å². The Labute approximate surface area is 123 Å². The number of benzene rings is 1. The van der Waals surface area contributed by atoms with Gasteiger partial charge in [-0.15, -0.1) is 0 Å². The highest BCUT2D eigenvalue weighted by molar-refractivity contribution is 5.96. The molecule has 21 heavy (non-hydrogen) atoms. The van der Waals surface area contributed by atoms with Gasteiger partial charge in [-0.3, -0.25) is 0 Å². The Bertz CT molecular complexity index is 681. The molecular formula is C16H19N3O2. The third-order valence-corrected chi connectivity index (χ3v) is 3.39. The third-order valence-electron chi connectivity index (χ3n) is 3.39. The van der Waals surface area contributed by atoms with Gasteiger partial charge in [0.25, 0.3) is 0 Å². The van der Waals surface area contributed by atoms with Crippen molar-refractivity contribution in [3.05, 3.63) is 47.2 Å². The zero-order valence-corrected chi connectivity index (χ0v) is 12.3. The van der Waals surface area contributed by atoms with Crippen molar-refractivity contribution in [2.75, 3.05) is 11.1 Å². The summed E-state index contributed by atoms with van der Waals surface area (Å²) < 4.78 is 0. The molecule has 0 aliphatic heterocycles. The average molecular weight is 285 g/mol. The van der Waals surface area contributed by atoms with Crippen LogP contribution in [-0.2, 0) is 0 Å². The molecule has 1 aromatic heterocycles. The van der Waals surface area contributed by atoms with E-state index in [9.17, 15) is 4.79 Å². The summed E-state index contributed by atoms with van der Waals surface area (Å²) in [5, 5.41) is 12.3. The van der Waals surface area contributed by atoms with Crippen molar-refractivity contribution in [1.29, 1.82) is 0 Å². The van der Waals surface area contributed by atoms with Crippen LogP contribution < -0.4 is 11.1 Å². The zero-order valence-electron chi connectivity index (χ0n) is 12.3. The predicted octanol–water partition coefficient (Wildman–Crippen LogP) is 3.54. The number of carboxylic acids is 1. The van der Waals surface area contributed by atoms with Crippen molar-refractivity contribution in [2.45, 2.75) is 26.7 Å². The summed E-state index contributed by atoms with van der Waals surface area (Å²) in [5.74, 6) is -0.366. The molecule has 1 aromatic carbocycles. The number of para-hydroxylation sites is 1. The molecule has 0 spiro atoms. The highest BCUT2D eigenvalue weighted by atomic mass is 16.4. The number of rotatable bonds is 4. The van der Waals surface area contributed by atoms with E-state index in [0.717, 1.165) is 16.8 Å². The number of hydrogen-bond donors (Lipinski definition) is 3. The Morgan fingerprint density at radius 3 is 2.67 bits per heavy atom. The van der Waals surface area contributed by atoms with Gasteiger partial charge in [0.15, 0.2) is 5.82 Å². The first kappa shape index (κ1) is 14.8. The number of nitrogens with zero attached hydrogens (tertiary/aromatic N) is 1. The van der Waals surface area contributed by atoms with Crippen molar-refractivity contribution >= 4 is 23.2 Å². The van der Waals surface area contributed by atoms with Crippen LogP contribution in [0.15, 0.2) is 30.5 Å². The normalized spacial score (nSPS) is 10.7. The van der Waals surface area contributed by atoms with Crippen LogP contribution >= 0.6 is 0 Å². The molecule has 0 aliphatic carbocycles. The topological polar surface area (TPSA) is 88.2 Å². The third kappa shape index (κ3) is 2.97. The minimum Gasteiger partial charge on any atom is -0.478 e. The number of aromatic carboxylic acids is 1. The summed E-state index contributed by atoms with van der Waals surface area (Å²) in [6.07, 6.45) is 1.44. The van der Waals surface area contributed by atoms with E-state index in [1.165, 1.54) is 12.3 Å². The lowest BCUT2D eigenvalue weighted by atomic mass is 9.98. The molecule has 5 nitrogen and oxygen atoms in total. The van der Waals surface area contributed by atoms with E-state index in [4.69, 9.17) is 10.8 Å². The molecule has 0 amide bonds. The fourth-order valence-electron chi connectivity index (χ4n) is 2.22. The Morgan fingerprint density at radius 1 is 1.33 bits per heavy atom. The standard InChI is InChI=1S/C16H19N3O2/c1-9(2)11-6-4-5-10(3)14(11)19-15-13(17)12(16(20)21)7-8-18-15/h4-9H,17H2,1-3H3,(H,18,19)(H,20,21). The van der Waals surface area contributed by atoms with Crippen LogP contribution in [0.5, 0.6) is 0 Å². The van der Waals surface area contributed by atoms with Crippen LogP contribution in [0.25, 0.3) is 0 Å². The molecule has 2 rings (SSSR count). The molecular weight excluding hydrogens is 266 g/mol. The van der Waals surface area contributed by atoms with Gasteiger partial charge in [-0.2, -0.15) is 0 Å². The number of hydrogen-bond acceptors (Lipinski definition) is 4. The van der Waals surface area contributed by atoms with E-state index in [2.05, 4.69) is 24.1 Å². The maximum Gasteiger partial charge on any atom is 0.337 e. The minimum absolute atomic E-state index is 0.0483. The maximum absolute atomic E-state index is 11.1. The lowest BCUT2D eigenvalue weighted by Crippen LogP contribution is -2.08. The Hall–Kier alpha value is -2.56. The lowest BCUT2D eigenvalue weighted by Gasteiger charge is -2.18. The lowest BCUT2D eigenvalue weighted by molar-refractivity contribution is 0.0698. The van der Waals surface area contributed by atoms with E-state index in [1.54, 1.807) is 0 Å². The predicted molar refractivity (Wildman–Crippen MR) is 84.2 cm³/mol. The Balaban J connectivity index is 2.49. The van der Waals surface area contributed by atoms with Crippen LogP contribution in [0.4, 0.5) is 17.2 Å². The maximum atomic E-state index is 11.1. The number of nitrogens with two attached hydrogens (primary N) is 1. The van der Waals surface area contributed by atoms with Crippen molar-refractivity contribution in [1.82, 2.24) is 4.98 Å². The summed E-state index contributed by atoms with van der Waals surface area (Å²) in [6.45, 7) is 6.19. The van der Waals surface area contributed by atoms with E-state index in [0.29, 0.717) is 11.7 Å². The molecule has 0 radical (unpaired) electrons. The fraction of sp³-hybridized carbons (Fsp3) is 0.250. The largest absolute Gasteiger partial charge is 0.478 e. The van der Waals surface area contributed by atoms with E-state index < -0.39 is 5.97 Å². The number of aryl methyl sites for hydroxylation is 1. The number of aromatic nitrogens is 1. The van der Waals surface area contributed by atoms with Crippen molar-refractivity contribution in [3.8, 4) is 0 Å². The average Bonchev–Trinajstić information content (AvgIpc) is 2.42. The second-order valence-electron chi connectivity index (χ2n) is 5.24.